The maximum Gasteiger partial charge on any atom is 0.257 e. The van der Waals surface area contributed by atoms with Crippen LogP contribution in [0.3, 0.4) is 0 Å². The van der Waals surface area contributed by atoms with Crippen LogP contribution in [0, 0.1) is 0 Å². The summed E-state index contributed by atoms with van der Waals surface area (Å²) in [6.45, 7) is 14.9. The Morgan fingerprint density at radius 2 is 1.19 bits per heavy atom. The van der Waals surface area contributed by atoms with E-state index in [1.54, 1.807) is 56.4 Å². The number of nitrogens with zero attached hydrogens (tertiary/aromatic N) is 6. The van der Waals surface area contributed by atoms with Crippen LogP contribution in [-0.2, 0) is 27.4 Å². The van der Waals surface area contributed by atoms with Gasteiger partial charge in [-0.3, -0.25) is 29.5 Å². The summed E-state index contributed by atoms with van der Waals surface area (Å²) in [6.07, 6.45) is 11.4. The molecule has 2 atom stereocenters. The number of carbonyl (C=O) groups is 2. The third-order valence-electron chi connectivity index (χ3n) is 12.2. The van der Waals surface area contributed by atoms with Crippen molar-refractivity contribution in [2.75, 3.05) is 100.0 Å². The van der Waals surface area contributed by atoms with Gasteiger partial charge in [0.05, 0.1) is 93.2 Å². The van der Waals surface area contributed by atoms with E-state index >= 15 is 0 Å². The minimum absolute atomic E-state index is 0.0155. The molecule has 0 radical (unpaired) electrons. The first kappa shape index (κ1) is 51.7. The number of aromatic nitrogens is 1. The van der Waals surface area contributed by atoms with Gasteiger partial charge in [0.2, 0.25) is 0 Å². The van der Waals surface area contributed by atoms with E-state index in [4.69, 9.17) is 52.9 Å². The van der Waals surface area contributed by atoms with Gasteiger partial charge < -0.3 is 47.7 Å². The highest BCUT2D eigenvalue weighted by Crippen LogP contribution is 2.41. The van der Waals surface area contributed by atoms with E-state index < -0.39 is 0 Å². The standard InChI is InChI=1S/C51H66N6O10S2/c1-9-34-19-38-27-52-43-25-47(45(61-6)23-41(43)49(58)56(38)29-34)66-31-36-21-40(65-14-12-55(33-51(3,4)69-68-8)11-13-63-17-18-64-16-15-60-5)22-37(54-36)32-67-48-26-44-42(24-46(48)62-7)50(59)57-30-35(10-2)20-39(57)28-53-44/h9-10,21-28,38-39H,11-20,29-33H2,1-8H3/b34-9+,35-10+/t38-,39?/m0/s1. The van der Waals surface area contributed by atoms with E-state index in [1.165, 1.54) is 11.1 Å². The molecule has 4 aliphatic heterocycles. The van der Waals surface area contributed by atoms with Crippen LogP contribution >= 0.6 is 21.6 Å². The topological polar surface area (TPSA) is 155 Å². The molecule has 69 heavy (non-hydrogen) atoms. The molecule has 2 aromatic carbocycles. The number of allylic oxidation sites excluding steroid dienone is 2. The van der Waals surface area contributed by atoms with Crippen molar-refractivity contribution in [1.29, 1.82) is 0 Å². The zero-order chi connectivity index (χ0) is 48.9. The average molecular weight is 987 g/mol. The van der Waals surface area contributed by atoms with E-state index in [0.29, 0.717) is 122 Å². The molecule has 16 nitrogen and oxygen atoms in total. The molecule has 0 spiro atoms. The number of methoxy groups -OCH3 is 3. The molecule has 4 aliphatic rings. The first-order valence-electron chi connectivity index (χ1n) is 23.4. The molecule has 5 heterocycles. The predicted octanol–water partition coefficient (Wildman–Crippen LogP) is 8.16. The van der Waals surface area contributed by atoms with Gasteiger partial charge in [0, 0.05) is 81.3 Å². The minimum atomic E-state index is -0.109. The lowest BCUT2D eigenvalue weighted by atomic mass is 10.1. The molecule has 0 saturated carbocycles. The van der Waals surface area contributed by atoms with Gasteiger partial charge in [0.25, 0.3) is 11.8 Å². The average Bonchev–Trinajstić information content (AvgIpc) is 3.92. The maximum atomic E-state index is 13.8. The predicted molar refractivity (Wildman–Crippen MR) is 272 cm³/mol. The van der Waals surface area contributed by atoms with E-state index in [9.17, 15) is 9.59 Å². The normalized spacial score (nSPS) is 18.6. The van der Waals surface area contributed by atoms with Gasteiger partial charge in [0.15, 0.2) is 23.0 Å². The maximum absolute atomic E-state index is 13.8. The number of carbonyl (C=O) groups excluding carboxylic acids is 2. The van der Waals surface area contributed by atoms with Gasteiger partial charge in [-0.2, -0.15) is 0 Å². The van der Waals surface area contributed by atoms with Gasteiger partial charge in [0.1, 0.15) is 25.6 Å². The second-order valence-electron chi connectivity index (χ2n) is 17.6. The number of hydrogen-bond acceptors (Lipinski definition) is 16. The summed E-state index contributed by atoms with van der Waals surface area (Å²) >= 11 is 0. The van der Waals surface area contributed by atoms with Gasteiger partial charge in [-0.25, -0.2) is 0 Å². The van der Waals surface area contributed by atoms with Crippen molar-refractivity contribution in [1.82, 2.24) is 19.7 Å². The first-order chi connectivity index (χ1) is 33.5. The fourth-order valence-corrected chi connectivity index (χ4v) is 10.9. The molecule has 2 amide bonds. The van der Waals surface area contributed by atoms with E-state index in [1.807, 2.05) is 59.0 Å². The molecule has 1 unspecified atom stereocenters. The Balaban J connectivity index is 1.10. The first-order valence-corrected chi connectivity index (χ1v) is 25.9. The van der Waals surface area contributed by atoms with Crippen LogP contribution in [0.5, 0.6) is 28.7 Å². The molecule has 0 N–H and O–H groups in total. The summed E-state index contributed by atoms with van der Waals surface area (Å²) < 4.78 is 47.5. The number of pyridine rings is 1. The third kappa shape index (κ3) is 13.4. The Morgan fingerprint density at radius 1 is 0.681 bits per heavy atom. The summed E-state index contributed by atoms with van der Waals surface area (Å²) in [6, 6.07) is 10.4. The molecular weight excluding hydrogens is 921 g/mol. The number of fused-ring (bicyclic) bond motifs is 4. The number of benzene rings is 2. The van der Waals surface area contributed by atoms with Gasteiger partial charge in [-0.15, -0.1) is 0 Å². The highest BCUT2D eigenvalue weighted by molar-refractivity contribution is 8.77. The summed E-state index contributed by atoms with van der Waals surface area (Å²) in [5.41, 5.74) is 5.50. The van der Waals surface area contributed by atoms with Crippen molar-refractivity contribution in [3.05, 3.63) is 82.2 Å². The molecule has 18 heteroatoms. The smallest absolute Gasteiger partial charge is 0.257 e. The summed E-state index contributed by atoms with van der Waals surface area (Å²) in [4.78, 5) is 48.0. The molecule has 3 aromatic rings. The molecule has 2 fully saturated rings. The fraction of sp³-hybridized carbons (Fsp3) is 0.510. The number of hydrogen-bond donors (Lipinski definition) is 0. The second-order valence-corrected chi connectivity index (χ2v) is 20.7. The molecule has 372 valence electrons. The van der Waals surface area contributed by atoms with Crippen LogP contribution in [0.1, 0.15) is 72.6 Å². The molecule has 2 saturated heterocycles. The van der Waals surface area contributed by atoms with E-state index in [2.05, 4.69) is 37.2 Å². The van der Waals surface area contributed by atoms with Crippen LogP contribution in [0.15, 0.2) is 69.7 Å². The van der Waals surface area contributed by atoms with E-state index in [-0.39, 0.29) is 41.9 Å². The zero-order valence-corrected chi connectivity index (χ0v) is 42.8. The summed E-state index contributed by atoms with van der Waals surface area (Å²) in [7, 11) is 8.35. The Hall–Kier alpha value is -5.11. The Kier molecular flexibility index (Phi) is 18.5. The third-order valence-corrected chi connectivity index (χ3v) is 14.8. The molecule has 0 aliphatic carbocycles. The van der Waals surface area contributed by atoms with Crippen molar-refractivity contribution < 1.29 is 47.5 Å². The fourth-order valence-electron chi connectivity index (χ4n) is 8.69. The van der Waals surface area contributed by atoms with Crippen LogP contribution < -0.4 is 23.7 Å². The molecule has 7 rings (SSSR count). The quantitative estimate of drug-likeness (QED) is 0.0455. The summed E-state index contributed by atoms with van der Waals surface area (Å²) in [5.74, 6) is 2.03. The molecule has 0 bridgehead atoms. The van der Waals surface area contributed by atoms with Crippen LogP contribution in [0.25, 0.3) is 0 Å². The monoisotopic (exact) mass is 986 g/mol. The Morgan fingerprint density at radius 3 is 1.68 bits per heavy atom. The lowest BCUT2D eigenvalue weighted by Crippen LogP contribution is -2.40. The van der Waals surface area contributed by atoms with Crippen molar-refractivity contribution in [2.45, 2.75) is 70.6 Å². The van der Waals surface area contributed by atoms with Crippen molar-refractivity contribution in [3.63, 3.8) is 0 Å². The van der Waals surface area contributed by atoms with Crippen molar-refractivity contribution in [3.8, 4) is 28.7 Å². The van der Waals surface area contributed by atoms with Crippen LogP contribution in [0.2, 0.25) is 0 Å². The van der Waals surface area contributed by atoms with E-state index in [0.717, 1.165) is 25.9 Å². The largest absolute Gasteiger partial charge is 0.493 e. The minimum Gasteiger partial charge on any atom is -0.493 e. The number of aliphatic imine (C=N–C) groups is 2. The SMILES string of the molecule is C/C=C1\CC2C=Nc3cc(OCc4cc(OCCN(CCOCCOCCOC)CC(C)(C)SSC)cc(COc5cc6c(cc5OC)C(=O)N5C/C(=C/C)C[C@H]5C=N6)n4)c(OC)cc3C(=O)N2C1. The van der Waals surface area contributed by atoms with Crippen molar-refractivity contribution in [2.24, 2.45) is 9.98 Å². The van der Waals surface area contributed by atoms with Gasteiger partial charge in [-0.1, -0.05) is 44.9 Å². The summed E-state index contributed by atoms with van der Waals surface area (Å²) in [5, 5.41) is 0. The Labute approximate surface area is 414 Å². The number of amides is 2. The lowest BCUT2D eigenvalue weighted by Gasteiger charge is -2.31. The van der Waals surface area contributed by atoms with Crippen molar-refractivity contribution >= 4 is 57.2 Å². The molecule has 1 aromatic heterocycles. The van der Waals surface area contributed by atoms with Gasteiger partial charge in [-0.05, 0) is 58.9 Å². The number of rotatable bonds is 25. The number of ether oxygens (including phenoxy) is 8. The lowest BCUT2D eigenvalue weighted by molar-refractivity contribution is 0.0184. The zero-order valence-electron chi connectivity index (χ0n) is 41.1. The van der Waals surface area contributed by atoms with Gasteiger partial charge >= 0.3 is 0 Å². The Bertz CT molecular complexity index is 2270. The van der Waals surface area contributed by atoms with Crippen LogP contribution in [-0.4, -0.2) is 161 Å². The van der Waals surface area contributed by atoms with Crippen LogP contribution in [0.4, 0.5) is 11.4 Å². The second kappa shape index (κ2) is 24.6. The molecular formula is C51H66N6O10S2. The highest BCUT2D eigenvalue weighted by Gasteiger charge is 2.36. The highest BCUT2D eigenvalue weighted by atomic mass is 33.1.